The summed E-state index contributed by atoms with van der Waals surface area (Å²) in [6.07, 6.45) is 0.883. The van der Waals surface area contributed by atoms with Gasteiger partial charge in [-0.2, -0.15) is 0 Å². The van der Waals surface area contributed by atoms with Crippen LogP contribution in [0.25, 0.3) is 0 Å². The van der Waals surface area contributed by atoms with Crippen molar-refractivity contribution in [1.82, 2.24) is 20.2 Å². The lowest BCUT2D eigenvalue weighted by Crippen LogP contribution is -2.40. The predicted octanol–water partition coefficient (Wildman–Crippen LogP) is 2.24. The van der Waals surface area contributed by atoms with E-state index in [1.165, 1.54) is 4.68 Å². The molecule has 0 aliphatic rings. The van der Waals surface area contributed by atoms with E-state index in [-0.39, 0.29) is 0 Å². The molecule has 7 heteroatoms. The summed E-state index contributed by atoms with van der Waals surface area (Å²) < 4.78 is 2.36. The summed E-state index contributed by atoms with van der Waals surface area (Å²) in [5.41, 5.74) is -0.121. The summed E-state index contributed by atoms with van der Waals surface area (Å²) in [6, 6.07) is 7.76. The maximum absolute atomic E-state index is 11.5. The van der Waals surface area contributed by atoms with Crippen LogP contribution in [0.15, 0.2) is 28.7 Å². The highest BCUT2D eigenvalue weighted by molar-refractivity contribution is 9.10. The molecule has 2 rings (SSSR count). The number of carbonyl (C=O) groups is 1. The third-order valence-corrected chi connectivity index (χ3v) is 3.90. The molecule has 106 valence electrons. The number of hydrogen-bond donors (Lipinski definition) is 1. The van der Waals surface area contributed by atoms with Gasteiger partial charge in [0.05, 0.1) is 0 Å². The van der Waals surface area contributed by atoms with Crippen molar-refractivity contribution in [3.05, 3.63) is 40.1 Å². The minimum Gasteiger partial charge on any atom is -0.479 e. The molecule has 0 saturated carbocycles. The predicted molar refractivity (Wildman–Crippen MR) is 76.3 cm³/mol. The molecule has 0 radical (unpaired) electrons. The van der Waals surface area contributed by atoms with Crippen molar-refractivity contribution in [2.24, 2.45) is 0 Å². The fraction of sp³-hybridized carbons (Fsp3) is 0.385. The Hall–Kier alpha value is -1.76. The first-order valence-electron chi connectivity index (χ1n) is 6.23. The molecule has 1 aromatic carbocycles. The number of carboxylic acids is 1. The lowest BCUT2D eigenvalue weighted by molar-refractivity contribution is -0.147. The van der Waals surface area contributed by atoms with E-state index in [1.54, 1.807) is 13.8 Å². The average Bonchev–Trinajstić information content (AvgIpc) is 2.86. The third kappa shape index (κ3) is 2.72. The van der Waals surface area contributed by atoms with Crippen molar-refractivity contribution in [1.29, 1.82) is 0 Å². The summed E-state index contributed by atoms with van der Waals surface area (Å²) in [7, 11) is 0. The van der Waals surface area contributed by atoms with Crippen LogP contribution in [0, 0.1) is 0 Å². The van der Waals surface area contributed by atoms with Gasteiger partial charge in [0.2, 0.25) is 0 Å². The molecule has 6 nitrogen and oxygen atoms in total. The Labute approximate surface area is 124 Å². The minimum absolute atomic E-state index is 0.402. The Balaban J connectivity index is 2.36. The molecule has 1 aromatic heterocycles. The van der Waals surface area contributed by atoms with Gasteiger partial charge in [-0.25, -0.2) is 9.48 Å². The van der Waals surface area contributed by atoms with Crippen LogP contribution in [0.2, 0.25) is 0 Å². The van der Waals surface area contributed by atoms with Gasteiger partial charge < -0.3 is 5.11 Å². The molecular weight excluding hydrogens is 324 g/mol. The molecule has 1 atom stereocenters. The lowest BCUT2D eigenvalue weighted by atomic mass is 9.99. The molecule has 2 aromatic rings. The standard InChI is InChI=1S/C13H15BrN4O2/c1-3-13(2,12(19)20)18-11(15-16-17-18)8-9-5-4-6-10(14)7-9/h4-7H,3,8H2,1-2H3,(H,19,20). The van der Waals surface area contributed by atoms with E-state index < -0.39 is 11.5 Å². The summed E-state index contributed by atoms with van der Waals surface area (Å²) in [5.74, 6) is -0.405. The van der Waals surface area contributed by atoms with E-state index >= 15 is 0 Å². The first-order chi connectivity index (χ1) is 9.47. The maximum Gasteiger partial charge on any atom is 0.331 e. The zero-order chi connectivity index (χ0) is 14.8. The number of rotatable bonds is 5. The normalized spacial score (nSPS) is 13.9. The topological polar surface area (TPSA) is 80.9 Å². The van der Waals surface area contributed by atoms with Gasteiger partial charge in [-0.3, -0.25) is 0 Å². The van der Waals surface area contributed by atoms with Crippen molar-refractivity contribution in [2.45, 2.75) is 32.2 Å². The molecule has 0 fully saturated rings. The van der Waals surface area contributed by atoms with Crippen LogP contribution in [0.5, 0.6) is 0 Å². The van der Waals surface area contributed by atoms with Gasteiger partial charge >= 0.3 is 5.97 Å². The van der Waals surface area contributed by atoms with Crippen molar-refractivity contribution >= 4 is 21.9 Å². The Morgan fingerprint density at radius 2 is 2.25 bits per heavy atom. The minimum atomic E-state index is -1.13. The Morgan fingerprint density at radius 3 is 2.85 bits per heavy atom. The smallest absolute Gasteiger partial charge is 0.331 e. The maximum atomic E-state index is 11.5. The second-order valence-electron chi connectivity index (χ2n) is 4.75. The third-order valence-electron chi connectivity index (χ3n) is 3.40. The molecule has 0 spiro atoms. The number of aliphatic carboxylic acids is 1. The highest BCUT2D eigenvalue weighted by Crippen LogP contribution is 2.22. The molecule has 1 heterocycles. The lowest BCUT2D eigenvalue weighted by Gasteiger charge is -2.24. The number of carboxylic acid groups (broad SMARTS) is 1. The van der Waals surface area contributed by atoms with E-state index in [1.807, 2.05) is 24.3 Å². The fourth-order valence-corrected chi connectivity index (χ4v) is 2.37. The van der Waals surface area contributed by atoms with Gasteiger partial charge in [0.1, 0.15) is 0 Å². The molecular formula is C13H15BrN4O2. The molecule has 20 heavy (non-hydrogen) atoms. The SMILES string of the molecule is CCC(C)(C(=O)O)n1nnnc1Cc1cccc(Br)c1. The van der Waals surface area contributed by atoms with Crippen LogP contribution in [0.4, 0.5) is 0 Å². The Kier molecular flexibility index (Phi) is 4.17. The second-order valence-corrected chi connectivity index (χ2v) is 5.66. The van der Waals surface area contributed by atoms with Crippen molar-refractivity contribution in [2.75, 3.05) is 0 Å². The summed E-state index contributed by atoms with van der Waals surface area (Å²) in [5, 5.41) is 20.9. The number of benzene rings is 1. The van der Waals surface area contributed by atoms with Crippen LogP contribution >= 0.6 is 15.9 Å². The number of hydrogen-bond acceptors (Lipinski definition) is 4. The molecule has 0 amide bonds. The zero-order valence-electron chi connectivity index (χ0n) is 11.2. The first kappa shape index (κ1) is 14.6. The van der Waals surface area contributed by atoms with Gasteiger partial charge in [0, 0.05) is 10.9 Å². The molecule has 0 aliphatic carbocycles. The number of aromatic nitrogens is 4. The van der Waals surface area contributed by atoms with Crippen LogP contribution in [-0.2, 0) is 16.8 Å². The van der Waals surface area contributed by atoms with Gasteiger partial charge in [0.15, 0.2) is 11.4 Å². The van der Waals surface area contributed by atoms with Crippen LogP contribution in [0.3, 0.4) is 0 Å². The van der Waals surface area contributed by atoms with E-state index in [9.17, 15) is 9.90 Å². The van der Waals surface area contributed by atoms with E-state index in [4.69, 9.17) is 0 Å². The monoisotopic (exact) mass is 338 g/mol. The number of nitrogens with zero attached hydrogens (tertiary/aromatic N) is 4. The zero-order valence-corrected chi connectivity index (χ0v) is 12.8. The molecule has 0 bridgehead atoms. The molecule has 1 unspecified atom stereocenters. The Morgan fingerprint density at radius 1 is 1.50 bits per heavy atom. The Bertz CT molecular complexity index is 628. The molecule has 1 N–H and O–H groups in total. The summed E-state index contributed by atoms with van der Waals surface area (Å²) >= 11 is 3.41. The van der Waals surface area contributed by atoms with Crippen molar-refractivity contribution in [3.63, 3.8) is 0 Å². The molecule has 0 saturated heterocycles. The van der Waals surface area contributed by atoms with Gasteiger partial charge in [0.25, 0.3) is 0 Å². The quantitative estimate of drug-likeness (QED) is 0.904. The number of halogens is 1. The van der Waals surface area contributed by atoms with E-state index in [2.05, 4.69) is 31.5 Å². The average molecular weight is 339 g/mol. The van der Waals surface area contributed by atoms with Crippen LogP contribution in [0.1, 0.15) is 31.7 Å². The van der Waals surface area contributed by atoms with E-state index in [0.29, 0.717) is 18.7 Å². The van der Waals surface area contributed by atoms with Crippen LogP contribution in [-0.4, -0.2) is 31.3 Å². The number of tetrazole rings is 1. The summed E-state index contributed by atoms with van der Waals surface area (Å²) in [4.78, 5) is 11.5. The first-order valence-corrected chi connectivity index (χ1v) is 7.02. The molecule has 0 aliphatic heterocycles. The van der Waals surface area contributed by atoms with Crippen molar-refractivity contribution < 1.29 is 9.90 Å². The van der Waals surface area contributed by atoms with Crippen LogP contribution < -0.4 is 0 Å². The van der Waals surface area contributed by atoms with Gasteiger partial charge in [-0.05, 0) is 41.5 Å². The van der Waals surface area contributed by atoms with Gasteiger partial charge in [-0.15, -0.1) is 5.10 Å². The van der Waals surface area contributed by atoms with Gasteiger partial charge in [-0.1, -0.05) is 35.0 Å². The highest BCUT2D eigenvalue weighted by atomic mass is 79.9. The summed E-state index contributed by atoms with van der Waals surface area (Å²) in [6.45, 7) is 3.43. The largest absolute Gasteiger partial charge is 0.479 e. The second kappa shape index (κ2) is 5.70. The van der Waals surface area contributed by atoms with E-state index in [0.717, 1.165) is 10.0 Å². The fourth-order valence-electron chi connectivity index (χ4n) is 1.92. The van der Waals surface area contributed by atoms with Crippen molar-refractivity contribution in [3.8, 4) is 0 Å². The highest BCUT2D eigenvalue weighted by Gasteiger charge is 2.36.